The smallest absolute Gasteiger partial charge is 0.144 e. The van der Waals surface area contributed by atoms with Gasteiger partial charge in [0.2, 0.25) is 0 Å². The Balaban J connectivity index is 2.45. The first-order valence-corrected chi connectivity index (χ1v) is 7.07. The van der Waals surface area contributed by atoms with Crippen LogP contribution in [0.1, 0.15) is 45.7 Å². The zero-order valence-electron chi connectivity index (χ0n) is 11.9. The first-order valence-electron chi connectivity index (χ1n) is 7.07. The van der Waals surface area contributed by atoms with E-state index < -0.39 is 0 Å². The maximum Gasteiger partial charge on any atom is 0.144 e. The Morgan fingerprint density at radius 2 is 1.94 bits per heavy atom. The van der Waals surface area contributed by atoms with E-state index in [9.17, 15) is 0 Å². The summed E-state index contributed by atoms with van der Waals surface area (Å²) >= 11 is 0. The van der Waals surface area contributed by atoms with E-state index in [0.29, 0.717) is 0 Å². The standard InChI is InChI=1S/C14H26N4/c1-4-7-9-18(6-3)12-13-10-17-14(11-16-13)15-8-5-2/h10-11H,4-9,12H2,1-3H3,(H,15,17). The van der Waals surface area contributed by atoms with Gasteiger partial charge in [-0.1, -0.05) is 27.2 Å². The van der Waals surface area contributed by atoms with Crippen LogP contribution in [0.3, 0.4) is 0 Å². The van der Waals surface area contributed by atoms with Crippen molar-refractivity contribution < 1.29 is 0 Å². The Bertz CT molecular complexity index is 310. The average molecular weight is 250 g/mol. The molecular weight excluding hydrogens is 224 g/mol. The van der Waals surface area contributed by atoms with E-state index in [2.05, 4.69) is 41.0 Å². The van der Waals surface area contributed by atoms with Gasteiger partial charge in [0.05, 0.1) is 18.1 Å². The fraction of sp³-hybridized carbons (Fsp3) is 0.714. The molecule has 1 N–H and O–H groups in total. The van der Waals surface area contributed by atoms with Crippen molar-refractivity contribution in [2.24, 2.45) is 0 Å². The average Bonchev–Trinajstić information content (AvgIpc) is 2.42. The molecule has 0 unspecified atom stereocenters. The molecule has 0 saturated heterocycles. The van der Waals surface area contributed by atoms with Gasteiger partial charge < -0.3 is 5.32 Å². The Hall–Kier alpha value is -1.16. The largest absolute Gasteiger partial charge is 0.369 e. The van der Waals surface area contributed by atoms with Gasteiger partial charge in [0.1, 0.15) is 5.82 Å². The highest BCUT2D eigenvalue weighted by molar-refractivity contribution is 5.30. The third kappa shape index (κ3) is 5.45. The molecule has 1 heterocycles. The van der Waals surface area contributed by atoms with Gasteiger partial charge in [-0.2, -0.15) is 0 Å². The van der Waals surface area contributed by atoms with Gasteiger partial charge in [0, 0.05) is 13.1 Å². The minimum absolute atomic E-state index is 0.872. The molecule has 4 nitrogen and oxygen atoms in total. The highest BCUT2D eigenvalue weighted by Gasteiger charge is 2.04. The Kier molecular flexibility index (Phi) is 7.34. The summed E-state index contributed by atoms with van der Waals surface area (Å²) in [4.78, 5) is 11.3. The quantitative estimate of drug-likeness (QED) is 0.731. The van der Waals surface area contributed by atoms with Crippen molar-refractivity contribution >= 4 is 5.82 Å². The Morgan fingerprint density at radius 1 is 1.11 bits per heavy atom. The molecular formula is C14H26N4. The lowest BCUT2D eigenvalue weighted by Gasteiger charge is -2.19. The minimum Gasteiger partial charge on any atom is -0.369 e. The predicted octanol–water partition coefficient (Wildman–Crippen LogP) is 2.92. The van der Waals surface area contributed by atoms with E-state index in [0.717, 1.165) is 44.1 Å². The monoisotopic (exact) mass is 250 g/mol. The van der Waals surface area contributed by atoms with Gasteiger partial charge in [-0.05, 0) is 25.9 Å². The molecule has 0 bridgehead atoms. The molecule has 0 aliphatic rings. The third-order valence-corrected chi connectivity index (χ3v) is 2.92. The number of aromatic nitrogens is 2. The van der Waals surface area contributed by atoms with Crippen LogP contribution in [0.5, 0.6) is 0 Å². The molecule has 0 aromatic carbocycles. The zero-order chi connectivity index (χ0) is 13.2. The van der Waals surface area contributed by atoms with E-state index in [4.69, 9.17) is 0 Å². The minimum atomic E-state index is 0.872. The third-order valence-electron chi connectivity index (χ3n) is 2.92. The van der Waals surface area contributed by atoms with Crippen LogP contribution < -0.4 is 5.32 Å². The van der Waals surface area contributed by atoms with E-state index in [1.54, 1.807) is 0 Å². The normalized spacial score (nSPS) is 10.9. The number of nitrogens with zero attached hydrogens (tertiary/aromatic N) is 3. The molecule has 0 atom stereocenters. The zero-order valence-corrected chi connectivity index (χ0v) is 11.9. The summed E-state index contributed by atoms with van der Waals surface area (Å²) in [7, 11) is 0. The van der Waals surface area contributed by atoms with Crippen LogP contribution in [0, 0.1) is 0 Å². The second-order valence-electron chi connectivity index (χ2n) is 4.54. The van der Waals surface area contributed by atoms with Crippen LogP contribution in [-0.2, 0) is 6.54 Å². The fourth-order valence-corrected chi connectivity index (χ4v) is 1.74. The molecule has 18 heavy (non-hydrogen) atoms. The Morgan fingerprint density at radius 3 is 2.50 bits per heavy atom. The Labute approximate surface area is 111 Å². The van der Waals surface area contributed by atoms with Crippen molar-refractivity contribution in [3.05, 3.63) is 18.1 Å². The summed E-state index contributed by atoms with van der Waals surface area (Å²) in [6.07, 6.45) is 7.30. The van der Waals surface area contributed by atoms with Crippen LogP contribution in [0.2, 0.25) is 0 Å². The van der Waals surface area contributed by atoms with E-state index in [-0.39, 0.29) is 0 Å². The van der Waals surface area contributed by atoms with Crippen LogP contribution >= 0.6 is 0 Å². The SMILES string of the molecule is CCCCN(CC)Cc1cnc(NCCC)cn1. The van der Waals surface area contributed by atoms with Crippen molar-refractivity contribution in [3.8, 4) is 0 Å². The van der Waals surface area contributed by atoms with Crippen LogP contribution in [0.25, 0.3) is 0 Å². The summed E-state index contributed by atoms with van der Waals surface area (Å²) < 4.78 is 0. The highest BCUT2D eigenvalue weighted by Crippen LogP contribution is 2.05. The molecule has 0 amide bonds. The van der Waals surface area contributed by atoms with E-state index in [1.165, 1.54) is 12.8 Å². The van der Waals surface area contributed by atoms with Crippen molar-refractivity contribution in [1.29, 1.82) is 0 Å². The summed E-state index contributed by atoms with van der Waals surface area (Å²) in [6, 6.07) is 0. The number of rotatable bonds is 9. The lowest BCUT2D eigenvalue weighted by atomic mass is 10.3. The van der Waals surface area contributed by atoms with Crippen molar-refractivity contribution in [2.45, 2.75) is 46.6 Å². The number of hydrogen-bond acceptors (Lipinski definition) is 4. The molecule has 1 rings (SSSR count). The van der Waals surface area contributed by atoms with Gasteiger partial charge in [0.25, 0.3) is 0 Å². The lowest BCUT2D eigenvalue weighted by molar-refractivity contribution is 0.272. The lowest BCUT2D eigenvalue weighted by Crippen LogP contribution is -2.24. The first kappa shape index (κ1) is 14.9. The molecule has 0 aliphatic heterocycles. The second-order valence-corrected chi connectivity index (χ2v) is 4.54. The van der Waals surface area contributed by atoms with Crippen molar-refractivity contribution in [3.63, 3.8) is 0 Å². The van der Waals surface area contributed by atoms with E-state index >= 15 is 0 Å². The maximum absolute atomic E-state index is 4.46. The molecule has 0 saturated carbocycles. The first-order chi connectivity index (χ1) is 8.80. The topological polar surface area (TPSA) is 41.1 Å². The van der Waals surface area contributed by atoms with E-state index in [1.807, 2.05) is 12.4 Å². The van der Waals surface area contributed by atoms with Gasteiger partial charge in [-0.25, -0.2) is 4.98 Å². The van der Waals surface area contributed by atoms with Gasteiger partial charge >= 0.3 is 0 Å². The molecule has 0 spiro atoms. The molecule has 0 radical (unpaired) electrons. The van der Waals surface area contributed by atoms with Crippen molar-refractivity contribution in [1.82, 2.24) is 14.9 Å². The summed E-state index contributed by atoms with van der Waals surface area (Å²) in [5, 5.41) is 3.24. The summed E-state index contributed by atoms with van der Waals surface area (Å²) in [6.45, 7) is 10.6. The molecule has 102 valence electrons. The molecule has 0 fully saturated rings. The summed E-state index contributed by atoms with van der Waals surface area (Å²) in [5.74, 6) is 0.872. The molecule has 1 aromatic heterocycles. The van der Waals surface area contributed by atoms with Gasteiger partial charge in [0.15, 0.2) is 0 Å². The molecule has 1 aromatic rings. The van der Waals surface area contributed by atoms with Crippen LogP contribution in [0.4, 0.5) is 5.82 Å². The molecule has 4 heteroatoms. The highest BCUT2D eigenvalue weighted by atomic mass is 15.1. The second kappa shape index (κ2) is 8.86. The van der Waals surface area contributed by atoms with Gasteiger partial charge in [-0.15, -0.1) is 0 Å². The number of nitrogens with one attached hydrogen (secondary N) is 1. The fourth-order valence-electron chi connectivity index (χ4n) is 1.74. The number of unbranched alkanes of at least 4 members (excludes halogenated alkanes) is 1. The van der Waals surface area contributed by atoms with Crippen LogP contribution in [-0.4, -0.2) is 34.5 Å². The van der Waals surface area contributed by atoms with Crippen molar-refractivity contribution in [2.75, 3.05) is 25.0 Å². The number of hydrogen-bond donors (Lipinski definition) is 1. The molecule has 0 aliphatic carbocycles. The van der Waals surface area contributed by atoms with Gasteiger partial charge in [-0.3, -0.25) is 9.88 Å². The number of anilines is 1. The summed E-state index contributed by atoms with van der Waals surface area (Å²) in [5.41, 5.74) is 1.05. The maximum atomic E-state index is 4.46. The van der Waals surface area contributed by atoms with Crippen LogP contribution in [0.15, 0.2) is 12.4 Å². The predicted molar refractivity (Wildman–Crippen MR) is 76.7 cm³/mol.